The van der Waals surface area contributed by atoms with E-state index in [4.69, 9.17) is 10.6 Å². The molecule has 0 radical (unpaired) electrons. The fraction of sp³-hybridized carbons (Fsp3) is 1.00. The van der Waals surface area contributed by atoms with Crippen LogP contribution in [0, 0.1) is 0 Å². The van der Waals surface area contributed by atoms with Crippen LogP contribution in [-0.4, -0.2) is 18.0 Å². The fourth-order valence-corrected chi connectivity index (χ4v) is 0.362. The molecule has 10 heteroatoms. The Kier molecular flexibility index (Phi) is 60.1. The maximum absolute atomic E-state index is 9.70. The molecule has 0 aliphatic heterocycles. The van der Waals surface area contributed by atoms with Gasteiger partial charge in [0.25, 0.3) is 0 Å². The van der Waals surface area contributed by atoms with Gasteiger partial charge >= 0.3 is 126 Å². The molecule has 0 rings (SSSR count). The van der Waals surface area contributed by atoms with Crippen LogP contribution < -0.4 is 129 Å². The van der Waals surface area contributed by atoms with Gasteiger partial charge < -0.3 is 11.4 Å². The van der Waals surface area contributed by atoms with Crippen molar-refractivity contribution in [2.75, 3.05) is 13.1 Å². The van der Waals surface area contributed by atoms with Crippen LogP contribution in [0.1, 0.15) is 5.71 Å². The van der Waals surface area contributed by atoms with Crippen LogP contribution in [0.5, 0.6) is 0 Å². The summed E-state index contributed by atoms with van der Waals surface area (Å²) in [6.07, 6.45) is 0. The van der Waals surface area contributed by atoms with Crippen molar-refractivity contribution in [1.29, 1.82) is 0 Å². The number of rotatable bonds is 4. The van der Waals surface area contributed by atoms with Crippen LogP contribution >= 0.6 is 8.25 Å². The maximum atomic E-state index is 9.70. The van der Waals surface area contributed by atoms with Gasteiger partial charge in [0, 0.05) is 17.7 Å². The molecule has 0 aromatic rings. The van der Waals surface area contributed by atoms with Gasteiger partial charge in [0.15, 0.2) is 0 Å². The molecule has 0 bridgehead atoms. The molecule has 1 atom stereocenters. The number of nitrogens with one attached hydrogen (secondary N) is 1. The van der Waals surface area contributed by atoms with Crippen LogP contribution in [0.3, 0.4) is 0 Å². The van der Waals surface area contributed by atoms with E-state index in [0.717, 1.165) is 0 Å². The predicted octanol–water partition coefficient (Wildman–Crippen LogP) is -12.4. The Balaban J connectivity index is -0.00000000875. The molecule has 0 heterocycles. The first-order valence-corrected chi connectivity index (χ1v) is 3.16. The van der Waals surface area contributed by atoms with Crippen LogP contribution in [0.15, 0.2) is 0 Å². The summed E-state index contributed by atoms with van der Waals surface area (Å²) >= 11 is 0. The molecule has 1 unspecified atom stereocenters. The van der Waals surface area contributed by atoms with Gasteiger partial charge in [-0.25, -0.2) is 0 Å². The largest absolute Gasteiger partial charge is 1.00 e. The molecule has 5 nitrogen and oxygen atoms in total. The average molecular weight is 235 g/mol. The summed E-state index contributed by atoms with van der Waals surface area (Å²) in [5.74, 6) is 0. The third-order valence-corrected chi connectivity index (χ3v) is 0.674. The monoisotopic (exact) mass is 235 g/mol. The molecular formula is C2H12N2Na4O3P+. The summed E-state index contributed by atoms with van der Waals surface area (Å²) < 4.78 is 13.7. The molecule has 4 N–H and O–H groups in total. The number of nitrogens with two attached hydrogens (primary N) is 1. The Morgan fingerprint density at radius 3 is 2.08 bits per heavy atom. The van der Waals surface area contributed by atoms with Gasteiger partial charge in [-0.2, -0.15) is 0 Å². The van der Waals surface area contributed by atoms with Crippen LogP contribution in [0.25, 0.3) is 0 Å². The summed E-state index contributed by atoms with van der Waals surface area (Å²) in [6, 6.07) is 0. The van der Waals surface area contributed by atoms with Crippen LogP contribution in [0.2, 0.25) is 0 Å². The third-order valence-electron chi connectivity index (χ3n) is 0.389. The van der Waals surface area contributed by atoms with Crippen molar-refractivity contribution >= 4 is 8.25 Å². The second-order valence-corrected chi connectivity index (χ2v) is 1.67. The van der Waals surface area contributed by atoms with Gasteiger partial charge in [-0.15, -0.1) is 10.4 Å². The van der Waals surface area contributed by atoms with Crippen LogP contribution in [-0.2, 0) is 9.19 Å². The van der Waals surface area contributed by atoms with Gasteiger partial charge in [0.1, 0.15) is 0 Å². The van der Waals surface area contributed by atoms with Crippen molar-refractivity contribution in [2.45, 2.75) is 0 Å². The minimum Gasteiger partial charge on any atom is -1.00 e. The summed E-state index contributed by atoms with van der Waals surface area (Å²) in [4.78, 5) is 7.96. The first kappa shape index (κ1) is 29.7. The van der Waals surface area contributed by atoms with Crippen LogP contribution in [0.4, 0.5) is 0 Å². The summed E-state index contributed by atoms with van der Waals surface area (Å²) in [5.41, 5.74) is 7.17. The van der Waals surface area contributed by atoms with Crippen molar-refractivity contribution in [3.63, 3.8) is 0 Å². The summed E-state index contributed by atoms with van der Waals surface area (Å²) in [5, 5.41) is 0. The van der Waals surface area contributed by atoms with Gasteiger partial charge in [-0.05, 0) is 4.62 Å². The van der Waals surface area contributed by atoms with Crippen molar-refractivity contribution in [1.82, 2.24) is 5.48 Å². The third kappa shape index (κ3) is 29.2. The van der Waals surface area contributed by atoms with E-state index in [2.05, 4.69) is 10.1 Å². The van der Waals surface area contributed by atoms with Crippen molar-refractivity contribution in [2.24, 2.45) is 5.73 Å². The van der Waals surface area contributed by atoms with Gasteiger partial charge in [-0.1, -0.05) is 0 Å². The van der Waals surface area contributed by atoms with E-state index >= 15 is 0 Å². The summed E-state index contributed by atoms with van der Waals surface area (Å²) in [7, 11) is -2.53. The molecule has 56 valence electrons. The molecule has 0 aromatic heterocycles. The Morgan fingerprint density at radius 2 is 1.83 bits per heavy atom. The Bertz CT molecular complexity index is 102. The maximum Gasteiger partial charge on any atom is 1.00 e. The molecule has 0 fully saturated rings. The van der Waals surface area contributed by atoms with Gasteiger partial charge in [0.2, 0.25) is 0 Å². The van der Waals surface area contributed by atoms with E-state index in [9.17, 15) is 4.57 Å². The topological polar surface area (TPSA) is 84.6 Å². The van der Waals surface area contributed by atoms with E-state index in [1.165, 1.54) is 0 Å². The SMILES string of the molecule is NCCNO[P+](=O)O.[H-].[H-].[H-].[H-].[Na+].[Na+].[Na+].[Na+]. The predicted molar refractivity (Wildman–Crippen MR) is 32.4 cm³/mol. The summed E-state index contributed by atoms with van der Waals surface area (Å²) in [6.45, 7) is 0.755. The van der Waals surface area contributed by atoms with E-state index in [0.29, 0.717) is 13.1 Å². The fourth-order valence-electron chi connectivity index (χ4n) is 0.160. The molecule has 0 spiro atoms. The first-order valence-electron chi connectivity index (χ1n) is 2.03. The first-order chi connectivity index (χ1) is 3.77. The zero-order valence-corrected chi connectivity index (χ0v) is 17.1. The van der Waals surface area contributed by atoms with E-state index in [1.54, 1.807) is 0 Å². The van der Waals surface area contributed by atoms with Crippen molar-refractivity contribution in [3.05, 3.63) is 0 Å². The van der Waals surface area contributed by atoms with Crippen molar-refractivity contribution < 1.29 is 138 Å². The van der Waals surface area contributed by atoms with E-state index in [1.807, 2.05) is 0 Å². The zero-order valence-electron chi connectivity index (χ0n) is 12.2. The average Bonchev–Trinajstić information content (AvgIpc) is 1.66. The van der Waals surface area contributed by atoms with E-state index < -0.39 is 8.25 Å². The molecule has 12 heavy (non-hydrogen) atoms. The smallest absolute Gasteiger partial charge is 1.00 e. The second-order valence-electron chi connectivity index (χ2n) is 1.01. The Hall–Kier alpha value is 3.94. The molecule has 0 aliphatic rings. The second kappa shape index (κ2) is 24.3. The quantitative estimate of drug-likeness (QED) is 0.195. The number of hydrogen-bond donors (Lipinski definition) is 3. The molecular weight excluding hydrogens is 223 g/mol. The Morgan fingerprint density at radius 1 is 1.42 bits per heavy atom. The standard InChI is InChI=1S/C2H7N2O3P.4Na.4H/c3-1-2-4-7-8(5)6;;;;;;;;/h4H,1-3H2;;;;;;;;/q;4*+1;4*-1/p+1. The van der Waals surface area contributed by atoms with Gasteiger partial charge in [0.05, 0.1) is 0 Å². The molecule has 0 aromatic carbocycles. The molecule has 0 amide bonds. The molecule has 0 saturated heterocycles. The minimum atomic E-state index is -2.53. The van der Waals surface area contributed by atoms with Crippen molar-refractivity contribution in [3.8, 4) is 0 Å². The Labute approximate surface area is 167 Å². The molecule has 0 saturated carbocycles. The zero-order chi connectivity index (χ0) is 6.41. The molecule has 0 aliphatic carbocycles. The van der Waals surface area contributed by atoms with E-state index in [-0.39, 0.29) is 124 Å². The minimum absolute atomic E-state index is 0. The number of hydroxylamine groups is 1. The number of hydrogen-bond acceptors (Lipinski definition) is 4. The van der Waals surface area contributed by atoms with Gasteiger partial charge in [-0.3, -0.25) is 0 Å². The normalized spacial score (nSPS) is 7.67.